The van der Waals surface area contributed by atoms with Crippen molar-refractivity contribution in [3.63, 3.8) is 0 Å². The number of nitrogens with zero attached hydrogens (tertiary/aromatic N) is 5. The highest BCUT2D eigenvalue weighted by Gasteiger charge is 2.26. The monoisotopic (exact) mass is 590 g/mol. The van der Waals surface area contributed by atoms with Gasteiger partial charge in [0.1, 0.15) is 6.61 Å². The minimum atomic E-state index is -4.17. The van der Waals surface area contributed by atoms with Crippen molar-refractivity contribution in [2.75, 3.05) is 38.1 Å². The average molecular weight is 591 g/mol. The summed E-state index contributed by atoms with van der Waals surface area (Å²) >= 11 is 0. The lowest BCUT2D eigenvalue weighted by Gasteiger charge is -2.19. The number of likely N-dealkylation sites (tertiary alicyclic amines) is 1. The van der Waals surface area contributed by atoms with E-state index in [1.165, 1.54) is 13.2 Å². The summed E-state index contributed by atoms with van der Waals surface area (Å²) < 4.78 is 47.7. The molecule has 1 aliphatic rings. The van der Waals surface area contributed by atoms with Crippen molar-refractivity contribution in [1.82, 2.24) is 24.8 Å². The summed E-state index contributed by atoms with van der Waals surface area (Å²) in [5, 5.41) is -0.157. The summed E-state index contributed by atoms with van der Waals surface area (Å²) in [5.74, 6) is 1.20. The number of hydrogen-bond acceptors (Lipinski definition) is 10. The highest BCUT2D eigenvalue weighted by atomic mass is 32.2. The molecule has 0 atom stereocenters. The van der Waals surface area contributed by atoms with E-state index >= 15 is 0 Å². The van der Waals surface area contributed by atoms with Gasteiger partial charge >= 0.3 is 0 Å². The van der Waals surface area contributed by atoms with Gasteiger partial charge in [0.25, 0.3) is 15.9 Å². The van der Waals surface area contributed by atoms with Gasteiger partial charge in [-0.05, 0) is 67.7 Å². The van der Waals surface area contributed by atoms with Crippen molar-refractivity contribution in [2.24, 2.45) is 0 Å². The Morgan fingerprint density at radius 2 is 1.71 bits per heavy atom. The van der Waals surface area contributed by atoms with Crippen molar-refractivity contribution in [3.8, 4) is 34.5 Å². The Balaban J connectivity index is 1.59. The lowest BCUT2D eigenvalue weighted by Crippen LogP contribution is -2.25. The van der Waals surface area contributed by atoms with E-state index in [9.17, 15) is 8.42 Å². The lowest BCUT2D eigenvalue weighted by molar-refractivity contribution is 0.226. The minimum absolute atomic E-state index is 0.00102. The molecular weight excluding hydrogens is 556 g/mol. The second-order valence-corrected chi connectivity index (χ2v) is 11.7. The molecule has 1 fully saturated rings. The predicted molar refractivity (Wildman–Crippen MR) is 159 cm³/mol. The molecule has 0 saturated carbocycles. The first-order valence-electron chi connectivity index (χ1n) is 13.8. The maximum atomic E-state index is 13.6. The number of anilines is 1. The zero-order chi connectivity index (χ0) is 29.5. The fourth-order valence-corrected chi connectivity index (χ4v) is 5.42. The van der Waals surface area contributed by atoms with E-state index < -0.39 is 10.0 Å². The molecule has 0 spiro atoms. The molecule has 4 heterocycles. The molecule has 1 N–H and O–H groups in total. The molecule has 0 radical (unpaired) electrons. The van der Waals surface area contributed by atoms with Crippen LogP contribution in [0.25, 0.3) is 11.4 Å². The van der Waals surface area contributed by atoms with Crippen LogP contribution < -0.4 is 18.9 Å². The van der Waals surface area contributed by atoms with Crippen LogP contribution in [0.4, 0.5) is 5.82 Å². The van der Waals surface area contributed by atoms with Gasteiger partial charge < -0.3 is 14.2 Å². The Bertz CT molecular complexity index is 1590. The summed E-state index contributed by atoms with van der Waals surface area (Å²) in [6.07, 6.45) is 7.08. The van der Waals surface area contributed by atoms with Crippen molar-refractivity contribution >= 4 is 15.8 Å². The second kappa shape index (κ2) is 13.1. The van der Waals surface area contributed by atoms with Crippen LogP contribution in [0.2, 0.25) is 0 Å². The second-order valence-electron chi connectivity index (χ2n) is 10.1. The summed E-state index contributed by atoms with van der Waals surface area (Å²) in [6.45, 7) is 7.05. The zero-order valence-electron chi connectivity index (χ0n) is 23.9. The molecule has 5 rings (SSSR count). The van der Waals surface area contributed by atoms with Gasteiger partial charge in [0.05, 0.1) is 7.11 Å². The van der Waals surface area contributed by atoms with Gasteiger partial charge in [0.2, 0.25) is 5.75 Å². The largest absolute Gasteiger partial charge is 0.493 e. The van der Waals surface area contributed by atoms with Gasteiger partial charge in [-0.1, -0.05) is 32.0 Å². The maximum absolute atomic E-state index is 13.6. The number of nitrogens with one attached hydrogen (secondary N) is 1. The number of aromatic nitrogens is 4. The Labute approximate surface area is 246 Å². The molecule has 4 aromatic rings. The number of pyridine rings is 2. The Morgan fingerprint density at radius 3 is 2.38 bits per heavy atom. The van der Waals surface area contributed by atoms with E-state index in [-0.39, 0.29) is 34.2 Å². The van der Waals surface area contributed by atoms with Gasteiger partial charge in [0, 0.05) is 30.7 Å². The van der Waals surface area contributed by atoms with Crippen LogP contribution in [0.5, 0.6) is 23.1 Å². The van der Waals surface area contributed by atoms with E-state index in [1.54, 1.807) is 61.1 Å². The van der Waals surface area contributed by atoms with Crippen LogP contribution in [0.3, 0.4) is 0 Å². The standard InChI is InChI=1S/C30H34N6O5S/c1-21(2)23-10-11-26(32-20-23)42(37,38)35-29-27(41-25-9-5-4-8-24(25)39-3)30(40-19-18-36-16-6-7-17-36)34-28(33-29)22-12-14-31-15-13-22/h4-5,8-15,20-21H,6-7,16-19H2,1-3H3,(H,33,34,35). The lowest BCUT2D eigenvalue weighted by atomic mass is 10.1. The number of rotatable bonds is 12. The molecule has 42 heavy (non-hydrogen) atoms. The number of hydrogen-bond donors (Lipinski definition) is 1. The molecule has 0 unspecified atom stereocenters. The van der Waals surface area contributed by atoms with E-state index in [4.69, 9.17) is 14.2 Å². The Morgan fingerprint density at radius 1 is 0.976 bits per heavy atom. The number of para-hydroxylation sites is 2. The molecule has 1 aliphatic heterocycles. The van der Waals surface area contributed by atoms with Crippen LogP contribution in [0.1, 0.15) is 38.2 Å². The minimum Gasteiger partial charge on any atom is -0.493 e. The number of benzene rings is 1. The molecule has 220 valence electrons. The van der Waals surface area contributed by atoms with Crippen molar-refractivity contribution < 1.29 is 22.6 Å². The summed E-state index contributed by atoms with van der Waals surface area (Å²) in [6, 6.07) is 13.7. The molecule has 0 amide bonds. The smallest absolute Gasteiger partial charge is 0.280 e. The number of ether oxygens (including phenoxy) is 3. The van der Waals surface area contributed by atoms with Crippen LogP contribution in [0, 0.1) is 0 Å². The number of methoxy groups -OCH3 is 1. The fraction of sp³-hybridized carbons (Fsp3) is 0.333. The Hall–Kier alpha value is -4.29. The SMILES string of the molecule is COc1ccccc1Oc1c(NS(=O)(=O)c2ccc(C(C)C)cn2)nc(-c2ccncc2)nc1OCCN1CCCC1. The van der Waals surface area contributed by atoms with E-state index in [2.05, 4.69) is 29.6 Å². The van der Waals surface area contributed by atoms with Crippen LogP contribution in [0.15, 0.2) is 72.1 Å². The normalized spacial score (nSPS) is 13.7. The highest BCUT2D eigenvalue weighted by molar-refractivity contribution is 7.92. The van der Waals surface area contributed by atoms with Gasteiger partial charge in [-0.15, -0.1) is 0 Å². The summed E-state index contributed by atoms with van der Waals surface area (Å²) in [5.41, 5.74) is 1.54. The topological polar surface area (TPSA) is 129 Å². The highest BCUT2D eigenvalue weighted by Crippen LogP contribution is 2.41. The number of sulfonamides is 1. The first-order valence-corrected chi connectivity index (χ1v) is 15.3. The van der Waals surface area contributed by atoms with Crippen LogP contribution >= 0.6 is 0 Å². The summed E-state index contributed by atoms with van der Waals surface area (Å²) in [4.78, 5) is 19.8. The van der Waals surface area contributed by atoms with Gasteiger partial charge in [-0.3, -0.25) is 14.6 Å². The first kappa shape index (κ1) is 29.2. The quantitative estimate of drug-likeness (QED) is 0.237. The molecule has 0 aliphatic carbocycles. The van der Waals surface area contributed by atoms with Crippen LogP contribution in [-0.2, 0) is 10.0 Å². The van der Waals surface area contributed by atoms with Crippen LogP contribution in [-0.4, -0.2) is 66.6 Å². The fourth-order valence-electron chi connectivity index (χ4n) is 4.48. The molecular formula is C30H34N6O5S. The molecule has 12 heteroatoms. The van der Waals surface area contributed by atoms with E-state index in [0.29, 0.717) is 30.2 Å². The third kappa shape index (κ3) is 6.94. The molecule has 1 aromatic carbocycles. The molecule has 0 bridgehead atoms. The van der Waals surface area contributed by atoms with Crippen molar-refractivity contribution in [2.45, 2.75) is 37.6 Å². The van der Waals surface area contributed by atoms with Crippen molar-refractivity contribution in [3.05, 3.63) is 72.7 Å². The zero-order valence-corrected chi connectivity index (χ0v) is 24.7. The summed E-state index contributed by atoms with van der Waals surface area (Å²) in [7, 11) is -2.65. The maximum Gasteiger partial charge on any atom is 0.280 e. The van der Waals surface area contributed by atoms with Gasteiger partial charge in [-0.25, -0.2) is 9.97 Å². The third-order valence-electron chi connectivity index (χ3n) is 6.83. The van der Waals surface area contributed by atoms with E-state index in [0.717, 1.165) is 31.5 Å². The molecule has 11 nitrogen and oxygen atoms in total. The third-order valence-corrected chi connectivity index (χ3v) is 8.09. The average Bonchev–Trinajstić information content (AvgIpc) is 3.52. The van der Waals surface area contributed by atoms with Crippen molar-refractivity contribution in [1.29, 1.82) is 0 Å². The molecule has 3 aromatic heterocycles. The van der Waals surface area contributed by atoms with E-state index in [1.807, 2.05) is 13.8 Å². The first-order chi connectivity index (χ1) is 20.3. The predicted octanol–water partition coefficient (Wildman–Crippen LogP) is 5.13. The van der Waals surface area contributed by atoms with Gasteiger partial charge in [-0.2, -0.15) is 13.4 Å². The van der Waals surface area contributed by atoms with Gasteiger partial charge in [0.15, 0.2) is 28.2 Å². The Kier molecular flexibility index (Phi) is 9.13. The molecule has 1 saturated heterocycles.